The summed E-state index contributed by atoms with van der Waals surface area (Å²) in [6.07, 6.45) is 3.40. The summed E-state index contributed by atoms with van der Waals surface area (Å²) < 4.78 is 31.4. The Hall–Kier alpha value is -2.78. The molecular formula is C27H38ClN3O5S. The number of carbonyl (C=O) groups excluding carboxylic acids is 2. The normalized spacial score (nSPS) is 12.0. The van der Waals surface area contributed by atoms with E-state index in [-0.39, 0.29) is 31.2 Å². The molecule has 0 bridgehead atoms. The van der Waals surface area contributed by atoms with Crippen molar-refractivity contribution in [3.8, 4) is 5.75 Å². The molecule has 0 spiro atoms. The molecule has 0 radical (unpaired) electrons. The number of hydrogen-bond acceptors (Lipinski definition) is 5. The minimum atomic E-state index is -3.62. The maximum absolute atomic E-state index is 13.4. The molecule has 0 aliphatic heterocycles. The van der Waals surface area contributed by atoms with E-state index in [0.29, 0.717) is 42.4 Å². The maximum atomic E-state index is 13.4. The number of methoxy groups -OCH3 is 1. The van der Waals surface area contributed by atoms with Gasteiger partial charge in [0, 0.05) is 26.1 Å². The lowest BCUT2D eigenvalue weighted by atomic mass is 10.1. The second-order valence-corrected chi connectivity index (χ2v) is 11.1. The van der Waals surface area contributed by atoms with Crippen LogP contribution in [0.15, 0.2) is 48.5 Å². The number of nitrogens with one attached hydrogen (secondary N) is 1. The van der Waals surface area contributed by atoms with Gasteiger partial charge in [-0.15, -0.1) is 0 Å². The van der Waals surface area contributed by atoms with Crippen LogP contribution in [0.4, 0.5) is 5.69 Å². The molecule has 204 valence electrons. The number of nitrogens with zero attached hydrogens (tertiary/aromatic N) is 2. The third-order valence-electron chi connectivity index (χ3n) is 5.99. The minimum Gasteiger partial charge on any atom is -0.495 e. The number of ether oxygens (including phenoxy) is 1. The molecule has 2 rings (SSSR count). The average molecular weight is 552 g/mol. The van der Waals surface area contributed by atoms with E-state index < -0.39 is 16.1 Å². The van der Waals surface area contributed by atoms with Gasteiger partial charge >= 0.3 is 0 Å². The minimum absolute atomic E-state index is 0.0958. The van der Waals surface area contributed by atoms with Crippen molar-refractivity contribution in [3.05, 3.63) is 59.1 Å². The van der Waals surface area contributed by atoms with Gasteiger partial charge in [0.05, 0.1) is 24.1 Å². The van der Waals surface area contributed by atoms with Gasteiger partial charge in [-0.1, -0.05) is 55.8 Å². The van der Waals surface area contributed by atoms with Gasteiger partial charge in [-0.25, -0.2) is 8.42 Å². The Labute approximate surface area is 226 Å². The highest BCUT2D eigenvalue weighted by Crippen LogP contribution is 2.30. The van der Waals surface area contributed by atoms with Gasteiger partial charge in [-0.2, -0.15) is 0 Å². The lowest BCUT2D eigenvalue weighted by molar-refractivity contribution is -0.140. The monoisotopic (exact) mass is 551 g/mol. The number of anilines is 1. The van der Waals surface area contributed by atoms with Crippen molar-refractivity contribution in [2.75, 3.05) is 37.3 Å². The van der Waals surface area contributed by atoms with Crippen LogP contribution in [0.25, 0.3) is 0 Å². The van der Waals surface area contributed by atoms with E-state index in [1.54, 1.807) is 17.0 Å². The molecule has 0 saturated carbocycles. The molecular weight excluding hydrogens is 514 g/mol. The highest BCUT2D eigenvalue weighted by molar-refractivity contribution is 7.92. The number of hydrogen-bond donors (Lipinski definition) is 1. The molecule has 0 aromatic heterocycles. The van der Waals surface area contributed by atoms with Crippen LogP contribution in [0.1, 0.15) is 45.1 Å². The Kier molecular flexibility index (Phi) is 12.2. The van der Waals surface area contributed by atoms with Crippen molar-refractivity contribution >= 4 is 39.1 Å². The zero-order valence-electron chi connectivity index (χ0n) is 22.1. The second-order valence-electron chi connectivity index (χ2n) is 8.80. The molecule has 2 aromatic rings. The summed E-state index contributed by atoms with van der Waals surface area (Å²) in [4.78, 5) is 27.9. The standard InChI is InChI=1S/C27H38ClN3O5S/c1-5-17-29-27(33)24(6-2)30(19-16-21-11-8-7-9-12-21)26(32)13-10-18-31(37(4,34)35)22-14-15-25(36-3)23(28)20-22/h7-9,11-12,14-15,20,24H,5-6,10,13,16-19H2,1-4H3,(H,29,33)/t24-/m0/s1. The van der Waals surface area contributed by atoms with Gasteiger partial charge in [-0.3, -0.25) is 13.9 Å². The maximum Gasteiger partial charge on any atom is 0.242 e. The largest absolute Gasteiger partial charge is 0.495 e. The van der Waals surface area contributed by atoms with Gasteiger partial charge in [-0.05, 0) is 49.4 Å². The van der Waals surface area contributed by atoms with Crippen LogP contribution in [0, 0.1) is 0 Å². The Balaban J connectivity index is 2.16. The summed E-state index contributed by atoms with van der Waals surface area (Å²) >= 11 is 6.21. The number of sulfonamides is 1. The zero-order chi connectivity index (χ0) is 27.4. The predicted molar refractivity (Wildman–Crippen MR) is 149 cm³/mol. The quantitative estimate of drug-likeness (QED) is 0.356. The van der Waals surface area contributed by atoms with E-state index in [1.807, 2.05) is 44.2 Å². The van der Waals surface area contributed by atoms with Crippen LogP contribution < -0.4 is 14.4 Å². The highest BCUT2D eigenvalue weighted by atomic mass is 35.5. The Morgan fingerprint density at radius 3 is 2.35 bits per heavy atom. The summed E-state index contributed by atoms with van der Waals surface area (Å²) in [5, 5.41) is 3.20. The number of amides is 2. The predicted octanol–water partition coefficient (Wildman–Crippen LogP) is 4.27. The van der Waals surface area contributed by atoms with Crippen LogP contribution >= 0.6 is 11.6 Å². The van der Waals surface area contributed by atoms with Gasteiger partial charge < -0.3 is 15.0 Å². The van der Waals surface area contributed by atoms with Crippen molar-refractivity contribution in [2.24, 2.45) is 0 Å². The lowest BCUT2D eigenvalue weighted by Crippen LogP contribution is -2.50. The van der Waals surface area contributed by atoms with Crippen molar-refractivity contribution in [2.45, 2.75) is 52.0 Å². The van der Waals surface area contributed by atoms with Gasteiger partial charge in [0.1, 0.15) is 11.8 Å². The molecule has 1 N–H and O–H groups in total. The molecule has 2 amide bonds. The Morgan fingerprint density at radius 1 is 1.08 bits per heavy atom. The van der Waals surface area contributed by atoms with Crippen molar-refractivity contribution in [1.82, 2.24) is 10.2 Å². The third kappa shape index (κ3) is 9.23. The molecule has 0 fully saturated rings. The first kappa shape index (κ1) is 30.4. The number of rotatable bonds is 15. The molecule has 1 atom stereocenters. The first-order valence-corrected chi connectivity index (χ1v) is 14.8. The second kappa shape index (κ2) is 14.8. The van der Waals surface area contributed by atoms with E-state index in [2.05, 4.69) is 5.32 Å². The summed E-state index contributed by atoms with van der Waals surface area (Å²) in [6, 6.07) is 14.0. The van der Waals surface area contributed by atoms with Crippen molar-refractivity contribution < 1.29 is 22.7 Å². The zero-order valence-corrected chi connectivity index (χ0v) is 23.6. The van der Waals surface area contributed by atoms with Crippen LogP contribution in [0.3, 0.4) is 0 Å². The van der Waals surface area contributed by atoms with E-state index in [9.17, 15) is 18.0 Å². The third-order valence-corrected chi connectivity index (χ3v) is 7.48. The van der Waals surface area contributed by atoms with E-state index in [0.717, 1.165) is 18.2 Å². The van der Waals surface area contributed by atoms with Crippen molar-refractivity contribution in [1.29, 1.82) is 0 Å². The van der Waals surface area contributed by atoms with Crippen LogP contribution in [-0.4, -0.2) is 64.2 Å². The first-order valence-electron chi connectivity index (χ1n) is 12.5. The van der Waals surface area contributed by atoms with E-state index in [4.69, 9.17) is 16.3 Å². The number of halogens is 1. The molecule has 0 unspecified atom stereocenters. The van der Waals surface area contributed by atoms with Gasteiger partial charge in [0.2, 0.25) is 21.8 Å². The van der Waals surface area contributed by atoms with E-state index >= 15 is 0 Å². The Bertz CT molecular complexity index is 1130. The summed E-state index contributed by atoms with van der Waals surface area (Å²) in [6.45, 7) is 4.90. The molecule has 8 nitrogen and oxygen atoms in total. The molecule has 0 saturated heterocycles. The summed E-state index contributed by atoms with van der Waals surface area (Å²) in [5.74, 6) is 0.0853. The fourth-order valence-electron chi connectivity index (χ4n) is 4.08. The fraction of sp³-hybridized carbons (Fsp3) is 0.481. The van der Waals surface area contributed by atoms with Crippen molar-refractivity contribution in [3.63, 3.8) is 0 Å². The molecule has 10 heteroatoms. The van der Waals surface area contributed by atoms with E-state index in [1.165, 1.54) is 17.5 Å². The lowest BCUT2D eigenvalue weighted by Gasteiger charge is -2.31. The van der Waals surface area contributed by atoms with Crippen LogP contribution in [-0.2, 0) is 26.0 Å². The average Bonchev–Trinajstić information content (AvgIpc) is 2.87. The SMILES string of the molecule is CCCNC(=O)[C@H](CC)N(CCc1ccccc1)C(=O)CCCN(c1ccc(OC)c(Cl)c1)S(C)(=O)=O. The fourth-order valence-corrected chi connectivity index (χ4v) is 5.29. The molecule has 0 heterocycles. The molecule has 0 aliphatic carbocycles. The number of benzene rings is 2. The number of carbonyl (C=O) groups is 2. The first-order chi connectivity index (χ1) is 17.6. The molecule has 2 aromatic carbocycles. The summed E-state index contributed by atoms with van der Waals surface area (Å²) in [7, 11) is -2.14. The van der Waals surface area contributed by atoms with Gasteiger partial charge in [0.25, 0.3) is 0 Å². The summed E-state index contributed by atoms with van der Waals surface area (Å²) in [5.41, 5.74) is 1.47. The van der Waals surface area contributed by atoms with Gasteiger partial charge in [0.15, 0.2) is 0 Å². The van der Waals surface area contributed by atoms with Crippen LogP contribution in [0.5, 0.6) is 5.75 Å². The topological polar surface area (TPSA) is 96.0 Å². The Morgan fingerprint density at radius 2 is 1.78 bits per heavy atom. The molecule has 0 aliphatic rings. The smallest absolute Gasteiger partial charge is 0.242 e. The molecule has 37 heavy (non-hydrogen) atoms. The van der Waals surface area contributed by atoms with Crippen LogP contribution in [0.2, 0.25) is 5.02 Å². The highest BCUT2D eigenvalue weighted by Gasteiger charge is 2.28.